The summed E-state index contributed by atoms with van der Waals surface area (Å²) in [7, 11) is 0. The minimum atomic E-state index is 0.600. The fraction of sp³-hybridized carbons (Fsp3) is 0. The van der Waals surface area contributed by atoms with E-state index in [-0.39, 0.29) is 0 Å². The van der Waals surface area contributed by atoms with Gasteiger partial charge in [-0.25, -0.2) is 15.0 Å². The van der Waals surface area contributed by atoms with Crippen LogP contribution in [0.15, 0.2) is 168 Å². The second-order valence-electron chi connectivity index (χ2n) is 12.4. The van der Waals surface area contributed by atoms with Gasteiger partial charge in [-0.1, -0.05) is 140 Å². The highest BCUT2D eigenvalue weighted by molar-refractivity contribution is 6.22. The summed E-state index contributed by atoms with van der Waals surface area (Å²) in [4.78, 5) is 15.3. The molecule has 0 aliphatic rings. The second-order valence-corrected chi connectivity index (χ2v) is 12.4. The molecular weight excluding hydrogens is 599 g/mol. The molecule has 4 nitrogen and oxygen atoms in total. The van der Waals surface area contributed by atoms with Crippen molar-refractivity contribution < 1.29 is 4.42 Å². The van der Waals surface area contributed by atoms with Crippen LogP contribution in [0, 0.1) is 0 Å². The number of nitrogens with zero attached hydrogens (tertiary/aromatic N) is 3. The SMILES string of the molecule is c1ccc(-c2nc(-c3ccc4ccccc4c3)nc(-c3cccc4oc5cccc(-c6cc7ccccc7c7ccccc67)c5c34)n2)cc1. The maximum absolute atomic E-state index is 6.58. The van der Waals surface area contributed by atoms with E-state index in [1.54, 1.807) is 0 Å². The zero-order valence-corrected chi connectivity index (χ0v) is 26.3. The predicted octanol–water partition coefficient (Wildman–Crippen LogP) is 11.9. The average Bonchev–Trinajstić information content (AvgIpc) is 3.57. The summed E-state index contributed by atoms with van der Waals surface area (Å²) in [6.07, 6.45) is 0. The minimum absolute atomic E-state index is 0.600. The van der Waals surface area contributed by atoms with Crippen molar-refractivity contribution in [2.24, 2.45) is 0 Å². The van der Waals surface area contributed by atoms with Crippen molar-refractivity contribution in [1.29, 1.82) is 0 Å². The van der Waals surface area contributed by atoms with Gasteiger partial charge in [0.1, 0.15) is 11.2 Å². The van der Waals surface area contributed by atoms with Crippen molar-refractivity contribution in [3.05, 3.63) is 164 Å². The van der Waals surface area contributed by atoms with Crippen LogP contribution in [-0.4, -0.2) is 15.0 Å². The van der Waals surface area contributed by atoms with E-state index in [9.17, 15) is 0 Å². The summed E-state index contributed by atoms with van der Waals surface area (Å²) in [5.74, 6) is 1.85. The van der Waals surface area contributed by atoms with Gasteiger partial charge in [0.15, 0.2) is 17.5 Å². The molecule has 0 spiro atoms. The quantitative estimate of drug-likeness (QED) is 0.183. The first-order valence-corrected chi connectivity index (χ1v) is 16.4. The number of fused-ring (bicyclic) bond motifs is 7. The molecule has 0 aliphatic heterocycles. The third-order valence-corrected chi connectivity index (χ3v) is 9.50. The van der Waals surface area contributed by atoms with Gasteiger partial charge in [-0.05, 0) is 67.7 Å². The van der Waals surface area contributed by atoms with Crippen molar-refractivity contribution in [3.8, 4) is 45.3 Å². The van der Waals surface area contributed by atoms with E-state index in [4.69, 9.17) is 19.4 Å². The smallest absolute Gasteiger partial charge is 0.164 e. The van der Waals surface area contributed by atoms with Crippen LogP contribution >= 0.6 is 0 Å². The van der Waals surface area contributed by atoms with Gasteiger partial charge in [0.05, 0.1) is 0 Å². The van der Waals surface area contributed by atoms with Crippen LogP contribution in [0.2, 0.25) is 0 Å². The van der Waals surface area contributed by atoms with E-state index in [0.29, 0.717) is 17.5 Å². The van der Waals surface area contributed by atoms with E-state index in [2.05, 4.69) is 121 Å². The maximum atomic E-state index is 6.58. The van der Waals surface area contributed by atoms with Gasteiger partial charge in [0.25, 0.3) is 0 Å². The Hall–Kier alpha value is -6.65. The monoisotopic (exact) mass is 625 g/mol. The Balaban J connectivity index is 1.26. The average molecular weight is 626 g/mol. The number of furan rings is 1. The highest BCUT2D eigenvalue weighted by Gasteiger charge is 2.21. The van der Waals surface area contributed by atoms with Crippen molar-refractivity contribution in [2.75, 3.05) is 0 Å². The van der Waals surface area contributed by atoms with Gasteiger partial charge in [0.2, 0.25) is 0 Å². The maximum Gasteiger partial charge on any atom is 0.164 e. The fourth-order valence-corrected chi connectivity index (χ4v) is 7.22. The van der Waals surface area contributed by atoms with Gasteiger partial charge in [-0.15, -0.1) is 0 Å². The van der Waals surface area contributed by atoms with Crippen LogP contribution < -0.4 is 0 Å². The standard InChI is InChI=1S/C45H27N3O/c1-2-13-29(14-3-1)43-46-44(32-25-24-28-12-4-5-15-30(28)26-32)48-45(47-43)37-21-11-23-40-42(37)41-36(20-10-22-39(41)49-40)38-27-31-16-6-7-17-33(31)34-18-8-9-19-35(34)38/h1-27H. The lowest BCUT2D eigenvalue weighted by Gasteiger charge is -2.13. The lowest BCUT2D eigenvalue weighted by Crippen LogP contribution is -2.00. The lowest BCUT2D eigenvalue weighted by atomic mass is 9.90. The van der Waals surface area contributed by atoms with Gasteiger partial charge >= 0.3 is 0 Å². The molecular formula is C45H27N3O. The Kier molecular flexibility index (Phi) is 6.15. The van der Waals surface area contributed by atoms with Gasteiger partial charge < -0.3 is 4.42 Å². The molecule has 0 radical (unpaired) electrons. The third-order valence-electron chi connectivity index (χ3n) is 9.50. The molecule has 2 aromatic heterocycles. The first-order valence-electron chi connectivity index (χ1n) is 16.4. The molecule has 0 aliphatic carbocycles. The van der Waals surface area contributed by atoms with Crippen LogP contribution in [0.1, 0.15) is 0 Å². The molecule has 0 atom stereocenters. The van der Waals surface area contributed by atoms with E-state index in [0.717, 1.165) is 55.1 Å². The van der Waals surface area contributed by atoms with Gasteiger partial charge in [-0.2, -0.15) is 0 Å². The second kappa shape index (κ2) is 11.0. The number of hydrogen-bond acceptors (Lipinski definition) is 4. The summed E-state index contributed by atoms with van der Waals surface area (Å²) in [5.41, 5.74) is 6.65. The lowest BCUT2D eigenvalue weighted by molar-refractivity contribution is 0.669. The Labute approximate surface area is 282 Å². The molecule has 0 saturated carbocycles. The Morgan fingerprint density at radius 2 is 0.918 bits per heavy atom. The number of benzene rings is 8. The van der Waals surface area contributed by atoms with E-state index in [1.807, 2.05) is 42.5 Å². The van der Waals surface area contributed by atoms with Crippen LogP contribution in [0.4, 0.5) is 0 Å². The molecule has 0 saturated heterocycles. The van der Waals surface area contributed by atoms with Crippen LogP contribution in [-0.2, 0) is 0 Å². The van der Waals surface area contributed by atoms with Gasteiger partial charge in [-0.3, -0.25) is 0 Å². The number of hydrogen-bond donors (Lipinski definition) is 0. The zero-order chi connectivity index (χ0) is 32.3. The molecule has 49 heavy (non-hydrogen) atoms. The molecule has 8 aromatic carbocycles. The summed E-state index contributed by atoms with van der Waals surface area (Å²) in [6, 6.07) is 56.9. The molecule has 10 aromatic rings. The first-order chi connectivity index (χ1) is 24.3. The van der Waals surface area contributed by atoms with Crippen molar-refractivity contribution in [2.45, 2.75) is 0 Å². The van der Waals surface area contributed by atoms with E-state index < -0.39 is 0 Å². The highest BCUT2D eigenvalue weighted by Crippen LogP contribution is 2.44. The third kappa shape index (κ3) is 4.49. The summed E-state index contributed by atoms with van der Waals surface area (Å²) in [6.45, 7) is 0. The summed E-state index contributed by atoms with van der Waals surface area (Å²) < 4.78 is 6.58. The van der Waals surface area contributed by atoms with Crippen molar-refractivity contribution >= 4 is 54.3 Å². The highest BCUT2D eigenvalue weighted by atomic mass is 16.3. The largest absolute Gasteiger partial charge is 0.456 e. The molecule has 4 heteroatoms. The Morgan fingerprint density at radius 1 is 0.327 bits per heavy atom. The van der Waals surface area contributed by atoms with Crippen molar-refractivity contribution in [3.63, 3.8) is 0 Å². The molecule has 2 heterocycles. The molecule has 0 amide bonds. The minimum Gasteiger partial charge on any atom is -0.456 e. The molecule has 10 rings (SSSR count). The molecule has 0 bridgehead atoms. The van der Waals surface area contributed by atoms with Crippen LogP contribution in [0.3, 0.4) is 0 Å². The van der Waals surface area contributed by atoms with E-state index in [1.165, 1.54) is 26.9 Å². The molecule has 0 fully saturated rings. The molecule has 0 unspecified atom stereocenters. The molecule has 0 N–H and O–H groups in total. The van der Waals surface area contributed by atoms with E-state index >= 15 is 0 Å². The predicted molar refractivity (Wildman–Crippen MR) is 201 cm³/mol. The summed E-state index contributed by atoms with van der Waals surface area (Å²) >= 11 is 0. The first kappa shape index (κ1) is 27.5. The fourth-order valence-electron chi connectivity index (χ4n) is 7.22. The zero-order valence-electron chi connectivity index (χ0n) is 26.3. The Morgan fingerprint density at radius 3 is 1.71 bits per heavy atom. The summed E-state index contributed by atoms with van der Waals surface area (Å²) in [5, 5.41) is 9.21. The van der Waals surface area contributed by atoms with Crippen LogP contribution in [0.5, 0.6) is 0 Å². The number of rotatable bonds is 4. The molecule has 228 valence electrons. The Bertz CT molecular complexity index is 2890. The van der Waals surface area contributed by atoms with Gasteiger partial charge in [0, 0.05) is 27.5 Å². The number of aromatic nitrogens is 3. The van der Waals surface area contributed by atoms with Crippen molar-refractivity contribution in [1.82, 2.24) is 15.0 Å². The normalized spacial score (nSPS) is 11.7. The van der Waals surface area contributed by atoms with Crippen LogP contribution in [0.25, 0.3) is 99.5 Å². The topological polar surface area (TPSA) is 51.8 Å².